The van der Waals surface area contributed by atoms with Crippen LogP contribution in [0.5, 0.6) is 0 Å². The van der Waals surface area contributed by atoms with Crippen molar-refractivity contribution in [1.82, 2.24) is 0 Å². The molecule has 0 heterocycles. The number of ketones is 1. The van der Waals surface area contributed by atoms with Gasteiger partial charge in [0.15, 0.2) is 8.32 Å². The molecule has 0 aliphatic heterocycles. The fourth-order valence-electron chi connectivity index (χ4n) is 2.34. The second-order valence-electron chi connectivity index (χ2n) is 7.35. The molecule has 4 nitrogen and oxygen atoms in total. The van der Waals surface area contributed by atoms with Crippen molar-refractivity contribution in [2.45, 2.75) is 64.8 Å². The average Bonchev–Trinajstić information content (AvgIpc) is 2.30. The normalized spacial score (nSPS) is 28.4. The van der Waals surface area contributed by atoms with E-state index >= 15 is 0 Å². The minimum absolute atomic E-state index is 0.0225. The van der Waals surface area contributed by atoms with Gasteiger partial charge in [0.2, 0.25) is 0 Å². The molecule has 116 valence electrons. The first-order chi connectivity index (χ1) is 8.99. The molecule has 1 aliphatic rings. The molecule has 0 spiro atoms. The minimum Gasteiger partial charge on any atom is -0.469 e. The number of carbonyl (C=O) groups excluding carboxylic acids is 2. The molecule has 20 heavy (non-hydrogen) atoms. The summed E-state index contributed by atoms with van der Waals surface area (Å²) in [4.78, 5) is 23.7. The smallest absolute Gasteiger partial charge is 0.309 e. The van der Waals surface area contributed by atoms with Crippen LogP contribution in [0.2, 0.25) is 18.1 Å². The molecule has 0 aromatic rings. The van der Waals surface area contributed by atoms with E-state index in [4.69, 9.17) is 9.16 Å². The van der Waals surface area contributed by atoms with Gasteiger partial charge in [0, 0.05) is 12.8 Å². The van der Waals surface area contributed by atoms with Crippen molar-refractivity contribution in [2.24, 2.45) is 11.8 Å². The summed E-state index contributed by atoms with van der Waals surface area (Å²) in [6.07, 6.45) is 0.535. The molecule has 1 saturated carbocycles. The maximum absolute atomic E-state index is 11.9. The van der Waals surface area contributed by atoms with E-state index in [1.54, 1.807) is 0 Å². The van der Waals surface area contributed by atoms with Gasteiger partial charge >= 0.3 is 5.97 Å². The highest BCUT2D eigenvalue weighted by Gasteiger charge is 2.45. The highest BCUT2D eigenvalue weighted by Crippen LogP contribution is 2.41. The van der Waals surface area contributed by atoms with Crippen molar-refractivity contribution in [1.29, 1.82) is 0 Å². The van der Waals surface area contributed by atoms with Crippen LogP contribution in [0.1, 0.15) is 40.5 Å². The lowest BCUT2D eigenvalue weighted by Gasteiger charge is -2.43. The Balaban J connectivity index is 2.89. The monoisotopic (exact) mass is 300 g/mol. The first kappa shape index (κ1) is 17.4. The third-order valence-corrected chi connectivity index (χ3v) is 9.36. The first-order valence-electron chi connectivity index (χ1n) is 7.27. The Morgan fingerprint density at radius 1 is 1.25 bits per heavy atom. The summed E-state index contributed by atoms with van der Waals surface area (Å²) in [6, 6.07) is 0. The van der Waals surface area contributed by atoms with Crippen molar-refractivity contribution in [3.05, 3.63) is 0 Å². The highest BCUT2D eigenvalue weighted by molar-refractivity contribution is 6.74. The molecule has 1 rings (SSSR count). The lowest BCUT2D eigenvalue weighted by atomic mass is 9.78. The van der Waals surface area contributed by atoms with Crippen molar-refractivity contribution >= 4 is 20.1 Å². The maximum Gasteiger partial charge on any atom is 0.309 e. The molecule has 0 N–H and O–H groups in total. The SMILES string of the molecule is COC(=O)[C@H]1CC(=O)C[C@@H](O[Si](C)(C)C(C)(C)C)[C@@H]1C. The van der Waals surface area contributed by atoms with Crippen LogP contribution in [-0.4, -0.2) is 33.3 Å². The number of esters is 1. The summed E-state index contributed by atoms with van der Waals surface area (Å²) in [5.41, 5.74) is 0. The molecule has 3 atom stereocenters. The summed E-state index contributed by atoms with van der Waals surface area (Å²) in [6.45, 7) is 12.9. The first-order valence-corrected chi connectivity index (χ1v) is 10.2. The van der Waals surface area contributed by atoms with E-state index < -0.39 is 8.32 Å². The molecule has 0 bridgehead atoms. The lowest BCUT2D eigenvalue weighted by molar-refractivity contribution is -0.153. The van der Waals surface area contributed by atoms with Crippen molar-refractivity contribution in [3.8, 4) is 0 Å². The largest absolute Gasteiger partial charge is 0.469 e. The van der Waals surface area contributed by atoms with Crippen LogP contribution in [0, 0.1) is 11.8 Å². The number of Topliss-reactive ketones (excluding diaryl/α,β-unsaturated/α-hetero) is 1. The van der Waals surface area contributed by atoms with E-state index in [1.165, 1.54) is 7.11 Å². The van der Waals surface area contributed by atoms with Gasteiger partial charge in [-0.25, -0.2) is 0 Å². The Morgan fingerprint density at radius 2 is 1.80 bits per heavy atom. The summed E-state index contributed by atoms with van der Waals surface area (Å²) in [7, 11) is -0.570. The zero-order valence-electron chi connectivity index (χ0n) is 13.8. The fourth-order valence-corrected chi connectivity index (χ4v) is 3.75. The van der Waals surface area contributed by atoms with Crippen LogP contribution in [0.15, 0.2) is 0 Å². The van der Waals surface area contributed by atoms with Crippen LogP contribution in [-0.2, 0) is 18.8 Å². The van der Waals surface area contributed by atoms with Gasteiger partial charge in [-0.1, -0.05) is 27.7 Å². The molecule has 0 aromatic carbocycles. The van der Waals surface area contributed by atoms with Crippen LogP contribution in [0.25, 0.3) is 0 Å². The summed E-state index contributed by atoms with van der Waals surface area (Å²) < 4.78 is 11.2. The summed E-state index contributed by atoms with van der Waals surface area (Å²) >= 11 is 0. The van der Waals surface area contributed by atoms with Gasteiger partial charge in [-0.15, -0.1) is 0 Å². The Hall–Kier alpha value is -0.683. The Morgan fingerprint density at radius 3 is 2.25 bits per heavy atom. The molecule has 0 unspecified atom stereocenters. The molecular weight excluding hydrogens is 272 g/mol. The zero-order chi connectivity index (χ0) is 15.7. The van der Waals surface area contributed by atoms with Gasteiger partial charge in [-0.3, -0.25) is 9.59 Å². The Kier molecular flexibility index (Phi) is 5.19. The van der Waals surface area contributed by atoms with E-state index in [1.807, 2.05) is 6.92 Å². The fraction of sp³-hybridized carbons (Fsp3) is 0.867. The van der Waals surface area contributed by atoms with Crippen LogP contribution >= 0.6 is 0 Å². The number of rotatable bonds is 3. The number of ether oxygens (including phenoxy) is 1. The average molecular weight is 300 g/mol. The quantitative estimate of drug-likeness (QED) is 0.593. The molecule has 0 aromatic heterocycles. The van der Waals surface area contributed by atoms with E-state index in [0.29, 0.717) is 6.42 Å². The third-order valence-electron chi connectivity index (χ3n) is 4.85. The topological polar surface area (TPSA) is 52.6 Å². The minimum atomic E-state index is -1.94. The van der Waals surface area contributed by atoms with E-state index in [2.05, 4.69) is 33.9 Å². The molecular formula is C15H28O4Si. The third kappa shape index (κ3) is 3.70. The van der Waals surface area contributed by atoms with Gasteiger partial charge in [-0.05, 0) is 24.1 Å². The summed E-state index contributed by atoms with van der Waals surface area (Å²) in [5, 5.41) is 0.0912. The zero-order valence-corrected chi connectivity index (χ0v) is 14.8. The second kappa shape index (κ2) is 5.98. The highest BCUT2D eigenvalue weighted by atomic mass is 28.4. The van der Waals surface area contributed by atoms with Crippen molar-refractivity contribution in [2.75, 3.05) is 7.11 Å². The van der Waals surface area contributed by atoms with Gasteiger partial charge in [0.1, 0.15) is 5.78 Å². The lowest BCUT2D eigenvalue weighted by Crippen LogP contribution is -2.49. The predicted molar refractivity (Wildman–Crippen MR) is 81.0 cm³/mol. The van der Waals surface area contributed by atoms with Crippen molar-refractivity contribution < 1.29 is 18.8 Å². The predicted octanol–water partition coefficient (Wildman–Crippen LogP) is 3.17. The van der Waals surface area contributed by atoms with Gasteiger partial charge in [-0.2, -0.15) is 0 Å². The van der Waals surface area contributed by atoms with Gasteiger partial charge in [0.25, 0.3) is 0 Å². The molecule has 0 amide bonds. The number of methoxy groups -OCH3 is 1. The Bertz CT molecular complexity index is 384. The molecule has 0 radical (unpaired) electrons. The summed E-state index contributed by atoms with van der Waals surface area (Å²) in [5.74, 6) is -0.540. The maximum atomic E-state index is 11.9. The van der Waals surface area contributed by atoms with E-state index in [9.17, 15) is 9.59 Å². The van der Waals surface area contributed by atoms with E-state index in [-0.39, 0.29) is 41.2 Å². The van der Waals surface area contributed by atoms with Crippen LogP contribution in [0.4, 0.5) is 0 Å². The van der Waals surface area contributed by atoms with Crippen LogP contribution < -0.4 is 0 Å². The van der Waals surface area contributed by atoms with Gasteiger partial charge < -0.3 is 9.16 Å². The van der Waals surface area contributed by atoms with Crippen molar-refractivity contribution in [3.63, 3.8) is 0 Å². The van der Waals surface area contributed by atoms with Gasteiger partial charge in [0.05, 0.1) is 19.1 Å². The second-order valence-corrected chi connectivity index (χ2v) is 12.1. The molecule has 0 saturated heterocycles. The van der Waals surface area contributed by atoms with Crippen LogP contribution in [0.3, 0.4) is 0 Å². The molecule has 1 aliphatic carbocycles. The number of hydrogen-bond acceptors (Lipinski definition) is 4. The number of hydrogen-bond donors (Lipinski definition) is 0. The molecule has 1 fully saturated rings. The number of carbonyl (C=O) groups is 2. The standard InChI is InChI=1S/C15H28O4Si/c1-10-12(14(17)18-5)8-11(16)9-13(10)19-20(6,7)15(2,3)4/h10,12-13H,8-9H2,1-7H3/t10-,12+,13-/m1/s1. The Labute approximate surface area is 123 Å². The molecule has 5 heteroatoms. The van der Waals surface area contributed by atoms with E-state index in [0.717, 1.165) is 0 Å².